The van der Waals surface area contributed by atoms with Gasteiger partial charge in [-0.1, -0.05) is 35.5 Å². The summed E-state index contributed by atoms with van der Waals surface area (Å²) in [4.78, 5) is 17.3. The van der Waals surface area contributed by atoms with Gasteiger partial charge in [-0.2, -0.15) is 0 Å². The number of phenolic OH excluding ortho intramolecular Hbond substituents is 1. The van der Waals surface area contributed by atoms with Crippen LogP contribution in [0.25, 0.3) is 6.08 Å². The van der Waals surface area contributed by atoms with Crippen molar-refractivity contribution in [3.8, 4) is 11.5 Å². The number of benzene rings is 2. The maximum Gasteiger partial charge on any atom is 0.368 e. The van der Waals surface area contributed by atoms with Gasteiger partial charge in [0.15, 0.2) is 0 Å². The van der Waals surface area contributed by atoms with Crippen molar-refractivity contribution in [3.05, 3.63) is 63.7 Å². The van der Waals surface area contributed by atoms with Crippen molar-refractivity contribution >= 4 is 17.8 Å². The maximum atomic E-state index is 12.4. The van der Waals surface area contributed by atoms with Gasteiger partial charge in [0.2, 0.25) is 0 Å². The summed E-state index contributed by atoms with van der Waals surface area (Å²) in [6.45, 7) is 7.93. The number of phenols is 1. The van der Waals surface area contributed by atoms with Gasteiger partial charge in [0, 0.05) is 16.7 Å². The van der Waals surface area contributed by atoms with Crippen molar-refractivity contribution in [2.75, 3.05) is 0 Å². The van der Waals surface area contributed by atoms with Gasteiger partial charge in [0.05, 0.1) is 5.57 Å². The molecule has 2 aromatic carbocycles. The summed E-state index contributed by atoms with van der Waals surface area (Å²) in [5.41, 5.74) is 4.50. The molecule has 144 valence electrons. The third-order valence-corrected chi connectivity index (χ3v) is 5.50. The standard InChI is InChI=1S/C23H23NO4/c1-13-14(2)21-16(10-11-23(3,4)27-21)17(20(13)25)12-18-19(24-28-22(18)26)15-8-6-5-7-9-15/h5-9,12,25H,10-11H2,1-4H3. The van der Waals surface area contributed by atoms with E-state index in [9.17, 15) is 9.90 Å². The second kappa shape index (κ2) is 6.51. The molecule has 2 heterocycles. The average Bonchev–Trinajstić information content (AvgIpc) is 3.04. The number of carbonyl (C=O) groups excluding carboxylic acids is 1. The number of carbonyl (C=O) groups is 1. The molecule has 0 atom stereocenters. The van der Waals surface area contributed by atoms with Crippen molar-refractivity contribution in [2.24, 2.45) is 5.16 Å². The highest BCUT2D eigenvalue weighted by molar-refractivity contribution is 6.31. The molecule has 2 aliphatic rings. The van der Waals surface area contributed by atoms with E-state index in [2.05, 4.69) is 19.0 Å². The van der Waals surface area contributed by atoms with Crippen LogP contribution < -0.4 is 4.74 Å². The van der Waals surface area contributed by atoms with Crippen molar-refractivity contribution in [1.29, 1.82) is 0 Å². The predicted octanol–water partition coefficient (Wildman–Crippen LogP) is 4.46. The molecule has 1 N–H and O–H groups in total. The van der Waals surface area contributed by atoms with Gasteiger partial charge in [0.25, 0.3) is 0 Å². The van der Waals surface area contributed by atoms with Crippen LogP contribution in [0.4, 0.5) is 0 Å². The largest absolute Gasteiger partial charge is 0.507 e. The smallest absolute Gasteiger partial charge is 0.368 e. The van der Waals surface area contributed by atoms with Crippen LogP contribution in [0.5, 0.6) is 11.5 Å². The zero-order valence-corrected chi connectivity index (χ0v) is 16.5. The molecule has 5 nitrogen and oxygen atoms in total. The Bertz CT molecular complexity index is 1030. The summed E-state index contributed by atoms with van der Waals surface area (Å²) < 4.78 is 6.24. The second-order valence-electron chi connectivity index (χ2n) is 7.92. The molecule has 5 heteroatoms. The Hall–Kier alpha value is -3.08. The SMILES string of the molecule is Cc1c(C)c2c(c(C=C3C(=O)ON=C3c3ccccc3)c1O)CCC(C)(C)O2. The highest BCUT2D eigenvalue weighted by Crippen LogP contribution is 2.44. The topological polar surface area (TPSA) is 68.1 Å². The van der Waals surface area contributed by atoms with E-state index in [0.29, 0.717) is 16.8 Å². The Morgan fingerprint density at radius 1 is 1.14 bits per heavy atom. The van der Waals surface area contributed by atoms with E-state index in [4.69, 9.17) is 9.57 Å². The molecule has 0 saturated carbocycles. The Balaban J connectivity index is 1.89. The van der Waals surface area contributed by atoms with Crippen molar-refractivity contribution < 1.29 is 19.5 Å². The number of oxime groups is 1. The van der Waals surface area contributed by atoms with E-state index in [1.54, 1.807) is 6.08 Å². The van der Waals surface area contributed by atoms with E-state index >= 15 is 0 Å². The summed E-state index contributed by atoms with van der Waals surface area (Å²) in [5, 5.41) is 14.8. The quantitative estimate of drug-likeness (QED) is 0.620. The minimum atomic E-state index is -0.526. The Morgan fingerprint density at radius 3 is 2.57 bits per heavy atom. The third kappa shape index (κ3) is 2.97. The summed E-state index contributed by atoms with van der Waals surface area (Å²) in [6, 6.07) is 9.40. The number of nitrogens with zero attached hydrogens (tertiary/aromatic N) is 1. The lowest BCUT2D eigenvalue weighted by molar-refractivity contribution is -0.136. The first kappa shape index (κ1) is 18.3. The van der Waals surface area contributed by atoms with Gasteiger partial charge in [0.1, 0.15) is 22.8 Å². The lowest BCUT2D eigenvalue weighted by atomic mass is 9.86. The van der Waals surface area contributed by atoms with Gasteiger partial charge < -0.3 is 14.7 Å². The summed E-state index contributed by atoms with van der Waals surface area (Å²) >= 11 is 0. The molecule has 0 fully saturated rings. The lowest BCUT2D eigenvalue weighted by Crippen LogP contribution is -2.33. The molecule has 4 rings (SSSR count). The Kier molecular flexibility index (Phi) is 4.26. The number of aromatic hydroxyl groups is 1. The first-order valence-corrected chi connectivity index (χ1v) is 9.39. The fourth-order valence-corrected chi connectivity index (χ4v) is 3.69. The summed E-state index contributed by atoms with van der Waals surface area (Å²) in [6.07, 6.45) is 3.26. The minimum absolute atomic E-state index is 0.166. The Labute approximate surface area is 164 Å². The normalized spacial score (nSPS) is 19.1. The number of hydrogen-bond donors (Lipinski definition) is 1. The van der Waals surface area contributed by atoms with E-state index < -0.39 is 5.97 Å². The van der Waals surface area contributed by atoms with E-state index in [-0.39, 0.29) is 11.4 Å². The maximum absolute atomic E-state index is 12.4. The van der Waals surface area contributed by atoms with Crippen LogP contribution in [0.15, 0.2) is 41.1 Å². The van der Waals surface area contributed by atoms with E-state index in [0.717, 1.165) is 40.8 Å². The van der Waals surface area contributed by atoms with Crippen LogP contribution in [0.2, 0.25) is 0 Å². The zero-order chi connectivity index (χ0) is 20.1. The summed E-state index contributed by atoms with van der Waals surface area (Å²) in [7, 11) is 0. The average molecular weight is 377 g/mol. The van der Waals surface area contributed by atoms with Crippen LogP contribution in [0.1, 0.15) is 48.1 Å². The molecule has 0 aromatic heterocycles. The number of fused-ring (bicyclic) bond motifs is 1. The van der Waals surface area contributed by atoms with Gasteiger partial charge in [-0.15, -0.1) is 0 Å². The minimum Gasteiger partial charge on any atom is -0.507 e. The van der Waals surface area contributed by atoms with Gasteiger partial charge in [-0.25, -0.2) is 4.79 Å². The molecule has 0 radical (unpaired) electrons. The van der Waals surface area contributed by atoms with Crippen molar-refractivity contribution in [1.82, 2.24) is 0 Å². The fraction of sp³-hybridized carbons (Fsp3) is 0.304. The lowest BCUT2D eigenvalue weighted by Gasteiger charge is -2.35. The van der Waals surface area contributed by atoms with Crippen LogP contribution in [0.3, 0.4) is 0 Å². The molecule has 0 amide bonds. The first-order chi connectivity index (χ1) is 13.3. The van der Waals surface area contributed by atoms with E-state index in [1.807, 2.05) is 44.2 Å². The van der Waals surface area contributed by atoms with Crippen LogP contribution in [-0.4, -0.2) is 22.4 Å². The molecule has 0 bridgehead atoms. The van der Waals surface area contributed by atoms with E-state index in [1.165, 1.54) is 0 Å². The van der Waals surface area contributed by atoms with Gasteiger partial charge in [-0.3, -0.25) is 0 Å². The molecule has 2 aromatic rings. The van der Waals surface area contributed by atoms with Crippen LogP contribution in [-0.2, 0) is 16.1 Å². The fourth-order valence-electron chi connectivity index (χ4n) is 3.69. The number of hydrogen-bond acceptors (Lipinski definition) is 5. The highest BCUT2D eigenvalue weighted by Gasteiger charge is 2.33. The Morgan fingerprint density at radius 2 is 1.86 bits per heavy atom. The molecule has 0 saturated heterocycles. The van der Waals surface area contributed by atoms with Crippen LogP contribution >= 0.6 is 0 Å². The molecule has 0 aliphatic carbocycles. The molecule has 0 spiro atoms. The predicted molar refractivity (Wildman–Crippen MR) is 108 cm³/mol. The molecular weight excluding hydrogens is 354 g/mol. The monoisotopic (exact) mass is 377 g/mol. The molecular formula is C23H23NO4. The molecule has 28 heavy (non-hydrogen) atoms. The van der Waals surface area contributed by atoms with Gasteiger partial charge >= 0.3 is 5.97 Å². The highest BCUT2D eigenvalue weighted by atomic mass is 16.7. The molecule has 0 unspecified atom stereocenters. The summed E-state index contributed by atoms with van der Waals surface area (Å²) in [5.74, 6) is 0.435. The zero-order valence-electron chi connectivity index (χ0n) is 16.5. The number of rotatable bonds is 2. The number of ether oxygens (including phenoxy) is 1. The van der Waals surface area contributed by atoms with Crippen LogP contribution in [0, 0.1) is 13.8 Å². The molecule has 2 aliphatic heterocycles. The third-order valence-electron chi connectivity index (χ3n) is 5.50. The van der Waals surface area contributed by atoms with Crippen molar-refractivity contribution in [2.45, 2.75) is 46.1 Å². The second-order valence-corrected chi connectivity index (χ2v) is 7.92. The van der Waals surface area contributed by atoms with Gasteiger partial charge in [-0.05, 0) is 57.7 Å². The first-order valence-electron chi connectivity index (χ1n) is 9.39. The van der Waals surface area contributed by atoms with Crippen molar-refractivity contribution in [3.63, 3.8) is 0 Å².